The zero-order chi connectivity index (χ0) is 12.3. The van der Waals surface area contributed by atoms with Crippen LogP contribution in [-0.2, 0) is 10.2 Å². The third-order valence-electron chi connectivity index (χ3n) is 3.64. The molecular weight excluding hydrogens is 304 g/mol. The summed E-state index contributed by atoms with van der Waals surface area (Å²) in [6.45, 7) is 1.35. The maximum atomic E-state index is 12.2. The monoisotopic (exact) mass is 324 g/mol. The molecular formula is C11H21BrN2O2S. The largest absolute Gasteiger partial charge is 0.279 e. The van der Waals surface area contributed by atoms with Gasteiger partial charge in [-0.1, -0.05) is 35.2 Å². The lowest BCUT2D eigenvalue weighted by molar-refractivity contribution is 0.443. The molecule has 0 radical (unpaired) electrons. The quantitative estimate of drug-likeness (QED) is 0.637. The molecule has 6 heteroatoms. The lowest BCUT2D eigenvalue weighted by Gasteiger charge is -2.24. The van der Waals surface area contributed by atoms with E-state index in [1.54, 1.807) is 4.31 Å². The molecule has 1 aliphatic heterocycles. The Bertz CT molecular complexity index is 341. The van der Waals surface area contributed by atoms with Crippen LogP contribution in [0.2, 0.25) is 0 Å². The molecule has 0 aromatic rings. The molecule has 2 atom stereocenters. The summed E-state index contributed by atoms with van der Waals surface area (Å²) in [5, 5.41) is 0. The van der Waals surface area contributed by atoms with E-state index in [1.165, 1.54) is 12.8 Å². The van der Waals surface area contributed by atoms with Crippen molar-refractivity contribution in [2.24, 2.45) is 0 Å². The SMILES string of the molecule is O=S(=O)(NC1CCCCCC1Br)N1CCCC1. The van der Waals surface area contributed by atoms with E-state index in [0.29, 0.717) is 13.1 Å². The molecule has 0 bridgehead atoms. The predicted molar refractivity (Wildman–Crippen MR) is 72.5 cm³/mol. The van der Waals surface area contributed by atoms with Crippen LogP contribution in [0, 0.1) is 0 Å². The van der Waals surface area contributed by atoms with Crippen molar-refractivity contribution >= 4 is 26.1 Å². The van der Waals surface area contributed by atoms with Gasteiger partial charge in [0.05, 0.1) is 0 Å². The Morgan fingerprint density at radius 1 is 1.00 bits per heavy atom. The summed E-state index contributed by atoms with van der Waals surface area (Å²) >= 11 is 3.62. The second-order valence-corrected chi connectivity index (χ2v) is 7.87. The minimum absolute atomic E-state index is 0.0584. The van der Waals surface area contributed by atoms with Crippen molar-refractivity contribution in [3.05, 3.63) is 0 Å². The average Bonchev–Trinajstić information content (AvgIpc) is 2.74. The molecule has 0 spiro atoms. The highest BCUT2D eigenvalue weighted by Gasteiger charge is 2.30. The number of hydrogen-bond donors (Lipinski definition) is 1. The van der Waals surface area contributed by atoms with E-state index in [2.05, 4.69) is 20.7 Å². The summed E-state index contributed by atoms with van der Waals surface area (Å²) in [5.74, 6) is 0. The summed E-state index contributed by atoms with van der Waals surface area (Å²) in [6, 6.07) is 0.0584. The van der Waals surface area contributed by atoms with E-state index in [4.69, 9.17) is 0 Å². The minimum atomic E-state index is -3.26. The molecule has 4 nitrogen and oxygen atoms in total. The van der Waals surface area contributed by atoms with E-state index < -0.39 is 10.2 Å². The molecule has 0 aromatic carbocycles. The topological polar surface area (TPSA) is 49.4 Å². The normalized spacial score (nSPS) is 32.5. The second-order valence-electron chi connectivity index (χ2n) is 4.99. The van der Waals surface area contributed by atoms with Crippen molar-refractivity contribution in [1.29, 1.82) is 0 Å². The van der Waals surface area contributed by atoms with Gasteiger partial charge < -0.3 is 0 Å². The smallest absolute Gasteiger partial charge is 0.198 e. The Balaban J connectivity index is 1.98. The molecule has 1 saturated carbocycles. The van der Waals surface area contributed by atoms with Gasteiger partial charge in [-0.05, 0) is 25.7 Å². The molecule has 1 heterocycles. The zero-order valence-corrected chi connectivity index (χ0v) is 12.5. The van der Waals surface area contributed by atoms with Gasteiger partial charge in [0.1, 0.15) is 0 Å². The van der Waals surface area contributed by atoms with Crippen LogP contribution >= 0.6 is 15.9 Å². The number of nitrogens with one attached hydrogen (secondary N) is 1. The molecule has 17 heavy (non-hydrogen) atoms. The lowest BCUT2D eigenvalue weighted by Crippen LogP contribution is -2.47. The first kappa shape index (κ1) is 13.8. The van der Waals surface area contributed by atoms with Crippen molar-refractivity contribution in [2.45, 2.75) is 55.8 Å². The highest BCUT2D eigenvalue weighted by atomic mass is 79.9. The number of halogens is 1. The van der Waals surface area contributed by atoms with Gasteiger partial charge in [-0.15, -0.1) is 0 Å². The van der Waals surface area contributed by atoms with Crippen LogP contribution in [0.4, 0.5) is 0 Å². The molecule has 0 aromatic heterocycles. The van der Waals surface area contributed by atoms with E-state index in [1.807, 2.05) is 0 Å². The molecule has 1 aliphatic carbocycles. The summed E-state index contributed by atoms with van der Waals surface area (Å²) in [7, 11) is -3.26. The number of alkyl halides is 1. The van der Waals surface area contributed by atoms with Gasteiger partial charge in [0.15, 0.2) is 0 Å². The van der Waals surface area contributed by atoms with Gasteiger partial charge >= 0.3 is 0 Å². The first-order valence-corrected chi connectivity index (χ1v) is 8.86. The van der Waals surface area contributed by atoms with Crippen molar-refractivity contribution in [1.82, 2.24) is 9.03 Å². The van der Waals surface area contributed by atoms with Crippen LogP contribution in [0.5, 0.6) is 0 Å². The molecule has 1 N–H and O–H groups in total. The molecule has 100 valence electrons. The standard InChI is InChI=1S/C11H21BrN2O2S/c12-10-6-2-1-3-7-11(10)13-17(15,16)14-8-4-5-9-14/h10-11,13H,1-9H2. The van der Waals surface area contributed by atoms with Crippen LogP contribution in [0.15, 0.2) is 0 Å². The number of nitrogens with zero attached hydrogens (tertiary/aromatic N) is 1. The minimum Gasteiger partial charge on any atom is -0.198 e. The molecule has 1 saturated heterocycles. The average molecular weight is 325 g/mol. The van der Waals surface area contributed by atoms with Gasteiger partial charge in [0.25, 0.3) is 10.2 Å². The van der Waals surface area contributed by atoms with Crippen molar-refractivity contribution in [2.75, 3.05) is 13.1 Å². The molecule has 2 aliphatic rings. The Morgan fingerprint density at radius 3 is 2.35 bits per heavy atom. The molecule has 2 unspecified atom stereocenters. The first-order valence-electron chi connectivity index (χ1n) is 6.51. The Labute approximate surface area is 112 Å². The first-order chi connectivity index (χ1) is 8.09. The maximum absolute atomic E-state index is 12.2. The number of rotatable bonds is 3. The fourth-order valence-corrected chi connectivity index (χ4v) is 5.04. The third-order valence-corrected chi connectivity index (χ3v) is 6.38. The highest BCUT2D eigenvalue weighted by Crippen LogP contribution is 2.25. The van der Waals surface area contributed by atoms with Crippen LogP contribution in [0.3, 0.4) is 0 Å². The predicted octanol–water partition coefficient (Wildman–Crippen LogP) is 2.01. The zero-order valence-electron chi connectivity index (χ0n) is 10.1. The van der Waals surface area contributed by atoms with Crippen LogP contribution in [0.25, 0.3) is 0 Å². The fourth-order valence-electron chi connectivity index (χ4n) is 2.59. The van der Waals surface area contributed by atoms with E-state index in [9.17, 15) is 8.42 Å². The molecule has 2 fully saturated rings. The summed E-state index contributed by atoms with van der Waals surface area (Å²) in [5.41, 5.74) is 0. The molecule has 0 amide bonds. The van der Waals surface area contributed by atoms with Gasteiger partial charge in [0.2, 0.25) is 0 Å². The Hall–Kier alpha value is 0.350. The van der Waals surface area contributed by atoms with Gasteiger partial charge in [0, 0.05) is 24.0 Å². The van der Waals surface area contributed by atoms with Crippen molar-refractivity contribution in [3.8, 4) is 0 Å². The van der Waals surface area contributed by atoms with Gasteiger partial charge in [-0.3, -0.25) is 0 Å². The van der Waals surface area contributed by atoms with E-state index >= 15 is 0 Å². The summed E-state index contributed by atoms with van der Waals surface area (Å²) < 4.78 is 28.8. The Kier molecular flexibility index (Phi) is 4.86. The third kappa shape index (κ3) is 3.66. The molecule has 2 rings (SSSR count). The summed E-state index contributed by atoms with van der Waals surface area (Å²) in [4.78, 5) is 0.280. The van der Waals surface area contributed by atoms with Crippen LogP contribution in [0.1, 0.15) is 44.9 Å². The van der Waals surface area contributed by atoms with E-state index in [-0.39, 0.29) is 10.9 Å². The Morgan fingerprint density at radius 2 is 1.65 bits per heavy atom. The van der Waals surface area contributed by atoms with Crippen molar-refractivity contribution in [3.63, 3.8) is 0 Å². The van der Waals surface area contributed by atoms with Gasteiger partial charge in [-0.25, -0.2) is 0 Å². The lowest BCUT2D eigenvalue weighted by atomic mass is 10.1. The summed E-state index contributed by atoms with van der Waals surface area (Å²) in [6.07, 6.45) is 7.51. The van der Waals surface area contributed by atoms with Crippen LogP contribution < -0.4 is 4.72 Å². The van der Waals surface area contributed by atoms with E-state index in [0.717, 1.165) is 32.1 Å². The highest BCUT2D eigenvalue weighted by molar-refractivity contribution is 9.09. The van der Waals surface area contributed by atoms with Crippen molar-refractivity contribution < 1.29 is 8.42 Å². The maximum Gasteiger partial charge on any atom is 0.279 e. The fraction of sp³-hybridized carbons (Fsp3) is 1.00. The second kappa shape index (κ2) is 5.99. The van der Waals surface area contributed by atoms with Gasteiger partial charge in [-0.2, -0.15) is 17.4 Å². The van der Waals surface area contributed by atoms with Crippen LogP contribution in [-0.4, -0.2) is 36.7 Å². The number of hydrogen-bond acceptors (Lipinski definition) is 2.